The Morgan fingerprint density at radius 3 is 2.95 bits per heavy atom. The van der Waals surface area contributed by atoms with Crippen molar-refractivity contribution in [2.24, 2.45) is 0 Å². The van der Waals surface area contributed by atoms with E-state index in [-0.39, 0.29) is 11.9 Å². The van der Waals surface area contributed by atoms with Crippen molar-refractivity contribution < 1.29 is 9.13 Å². The third kappa shape index (κ3) is 2.66. The van der Waals surface area contributed by atoms with Gasteiger partial charge in [-0.3, -0.25) is 0 Å². The van der Waals surface area contributed by atoms with Crippen molar-refractivity contribution in [1.29, 1.82) is 0 Å². The highest BCUT2D eigenvalue weighted by molar-refractivity contribution is 9.10. The Kier molecular flexibility index (Phi) is 3.66. The Bertz CT molecular complexity index is 644. The van der Waals surface area contributed by atoms with Gasteiger partial charge in [0.15, 0.2) is 0 Å². The number of nitrogens with one attached hydrogen (secondary N) is 1. The number of hydrogen-bond acceptors (Lipinski definition) is 2. The third-order valence-corrected chi connectivity index (χ3v) is 3.99. The summed E-state index contributed by atoms with van der Waals surface area (Å²) >= 11 is 3.38. The molecule has 0 spiro atoms. The maximum atomic E-state index is 13.9. The molecule has 0 saturated heterocycles. The maximum absolute atomic E-state index is 13.9. The zero-order chi connectivity index (χ0) is 14.1. The van der Waals surface area contributed by atoms with Gasteiger partial charge in [0.05, 0.1) is 12.6 Å². The molecule has 1 aliphatic rings. The molecule has 0 fully saturated rings. The van der Waals surface area contributed by atoms with E-state index in [1.54, 1.807) is 6.07 Å². The van der Waals surface area contributed by atoms with Gasteiger partial charge in [0.1, 0.15) is 11.6 Å². The van der Waals surface area contributed by atoms with Crippen LogP contribution in [0, 0.1) is 5.82 Å². The van der Waals surface area contributed by atoms with E-state index in [1.165, 1.54) is 11.6 Å². The van der Waals surface area contributed by atoms with Gasteiger partial charge in [0.25, 0.3) is 0 Å². The van der Waals surface area contributed by atoms with Crippen LogP contribution in [0.5, 0.6) is 5.75 Å². The molecule has 2 aromatic carbocycles. The van der Waals surface area contributed by atoms with Crippen molar-refractivity contribution in [2.75, 3.05) is 11.9 Å². The van der Waals surface area contributed by atoms with Gasteiger partial charge < -0.3 is 10.1 Å². The largest absolute Gasteiger partial charge is 0.493 e. The molecule has 104 valence electrons. The fraction of sp³-hybridized carbons (Fsp3) is 0.250. The Balaban J connectivity index is 1.82. The van der Waals surface area contributed by atoms with Crippen LogP contribution < -0.4 is 10.1 Å². The quantitative estimate of drug-likeness (QED) is 0.877. The number of fused-ring (bicyclic) bond motifs is 1. The van der Waals surface area contributed by atoms with Gasteiger partial charge in [-0.05, 0) is 48.9 Å². The lowest BCUT2D eigenvalue weighted by Crippen LogP contribution is -2.08. The summed E-state index contributed by atoms with van der Waals surface area (Å²) in [7, 11) is 0. The SMILES string of the molecule is CC(Nc1ccc2c(c1)CCO2)c1cc(Br)ccc1F. The highest BCUT2D eigenvalue weighted by atomic mass is 79.9. The minimum atomic E-state index is -0.197. The summed E-state index contributed by atoms with van der Waals surface area (Å²) < 4.78 is 20.2. The zero-order valence-electron chi connectivity index (χ0n) is 11.1. The van der Waals surface area contributed by atoms with Crippen molar-refractivity contribution in [3.63, 3.8) is 0 Å². The molecule has 0 bridgehead atoms. The molecule has 2 aromatic rings. The highest BCUT2D eigenvalue weighted by Crippen LogP contribution is 2.30. The summed E-state index contributed by atoms with van der Waals surface area (Å²) in [6.45, 7) is 2.70. The lowest BCUT2D eigenvalue weighted by Gasteiger charge is -2.17. The van der Waals surface area contributed by atoms with E-state index in [4.69, 9.17) is 4.74 Å². The molecule has 0 aromatic heterocycles. The van der Waals surface area contributed by atoms with Gasteiger partial charge in [-0.2, -0.15) is 0 Å². The Morgan fingerprint density at radius 2 is 2.10 bits per heavy atom. The van der Waals surface area contributed by atoms with E-state index >= 15 is 0 Å². The predicted molar refractivity (Wildman–Crippen MR) is 81.8 cm³/mol. The van der Waals surface area contributed by atoms with Gasteiger partial charge in [-0.15, -0.1) is 0 Å². The van der Waals surface area contributed by atoms with E-state index in [2.05, 4.69) is 27.3 Å². The molecule has 1 unspecified atom stereocenters. The van der Waals surface area contributed by atoms with Crippen LogP contribution in [0.3, 0.4) is 0 Å². The predicted octanol–water partition coefficient (Wildman–Crippen LogP) is 4.70. The van der Waals surface area contributed by atoms with Crippen molar-refractivity contribution in [1.82, 2.24) is 0 Å². The lowest BCUT2D eigenvalue weighted by molar-refractivity contribution is 0.357. The van der Waals surface area contributed by atoms with Crippen LogP contribution in [-0.2, 0) is 6.42 Å². The molecule has 1 aliphatic heterocycles. The molecule has 0 radical (unpaired) electrons. The smallest absolute Gasteiger partial charge is 0.128 e. The van der Waals surface area contributed by atoms with Crippen LogP contribution in [0.15, 0.2) is 40.9 Å². The summed E-state index contributed by atoms with van der Waals surface area (Å²) in [6.07, 6.45) is 0.935. The van der Waals surface area contributed by atoms with Crippen molar-refractivity contribution in [2.45, 2.75) is 19.4 Å². The summed E-state index contributed by atoms with van der Waals surface area (Å²) in [5, 5.41) is 3.34. The molecule has 0 aliphatic carbocycles. The highest BCUT2D eigenvalue weighted by Gasteiger charge is 2.15. The molecule has 1 N–H and O–H groups in total. The molecule has 0 saturated carbocycles. The third-order valence-electron chi connectivity index (χ3n) is 3.50. The first-order chi connectivity index (χ1) is 9.63. The topological polar surface area (TPSA) is 21.3 Å². The number of halogens is 2. The summed E-state index contributed by atoms with van der Waals surface area (Å²) in [5.41, 5.74) is 2.84. The number of benzene rings is 2. The average Bonchev–Trinajstić information content (AvgIpc) is 2.89. The monoisotopic (exact) mass is 335 g/mol. The van der Waals surface area contributed by atoms with Gasteiger partial charge >= 0.3 is 0 Å². The standard InChI is InChI=1S/C16H15BrFNO/c1-10(14-9-12(17)2-4-15(14)18)19-13-3-5-16-11(8-13)6-7-20-16/h2-5,8-10,19H,6-7H2,1H3. The first kappa shape index (κ1) is 13.4. The Labute approximate surface area is 126 Å². The molecule has 4 heteroatoms. The fourth-order valence-electron chi connectivity index (χ4n) is 2.45. The van der Waals surface area contributed by atoms with Crippen LogP contribution in [0.2, 0.25) is 0 Å². The summed E-state index contributed by atoms with van der Waals surface area (Å²) in [6, 6.07) is 10.9. The number of rotatable bonds is 3. The van der Waals surface area contributed by atoms with Crippen molar-refractivity contribution in [3.8, 4) is 5.75 Å². The van der Waals surface area contributed by atoms with Gasteiger partial charge in [-0.1, -0.05) is 15.9 Å². The molecule has 3 rings (SSSR count). The number of anilines is 1. The first-order valence-corrected chi connectivity index (χ1v) is 7.40. The van der Waals surface area contributed by atoms with Gasteiger partial charge in [0.2, 0.25) is 0 Å². The van der Waals surface area contributed by atoms with E-state index in [0.717, 1.165) is 28.9 Å². The molecule has 1 heterocycles. The van der Waals surface area contributed by atoms with Crippen molar-refractivity contribution >= 4 is 21.6 Å². The molecule has 1 atom stereocenters. The molecule has 2 nitrogen and oxygen atoms in total. The van der Waals surface area contributed by atoms with Gasteiger partial charge in [-0.25, -0.2) is 4.39 Å². The van der Waals surface area contributed by atoms with Gasteiger partial charge in [0, 0.05) is 22.1 Å². The molecular formula is C16H15BrFNO. The number of hydrogen-bond donors (Lipinski definition) is 1. The van der Waals surface area contributed by atoms with E-state index < -0.39 is 0 Å². The van der Waals surface area contributed by atoms with Crippen LogP contribution in [-0.4, -0.2) is 6.61 Å². The van der Waals surface area contributed by atoms with E-state index in [9.17, 15) is 4.39 Å². The van der Waals surface area contributed by atoms with Crippen LogP contribution in [0.4, 0.5) is 10.1 Å². The first-order valence-electron chi connectivity index (χ1n) is 6.61. The molecular weight excluding hydrogens is 321 g/mol. The fourth-order valence-corrected chi connectivity index (χ4v) is 2.83. The average molecular weight is 336 g/mol. The van der Waals surface area contributed by atoms with Crippen molar-refractivity contribution in [3.05, 3.63) is 57.8 Å². The van der Waals surface area contributed by atoms with E-state index in [1.807, 2.05) is 25.1 Å². The Hall–Kier alpha value is -1.55. The minimum absolute atomic E-state index is 0.104. The maximum Gasteiger partial charge on any atom is 0.128 e. The molecule has 0 amide bonds. The lowest BCUT2D eigenvalue weighted by atomic mass is 10.1. The number of ether oxygens (including phenoxy) is 1. The summed E-state index contributed by atoms with van der Waals surface area (Å²) in [4.78, 5) is 0. The van der Waals surface area contributed by atoms with Crippen LogP contribution in [0.1, 0.15) is 24.1 Å². The Morgan fingerprint density at radius 1 is 1.25 bits per heavy atom. The second-order valence-electron chi connectivity index (χ2n) is 4.95. The van der Waals surface area contributed by atoms with Crippen LogP contribution in [0.25, 0.3) is 0 Å². The zero-order valence-corrected chi connectivity index (χ0v) is 12.7. The van der Waals surface area contributed by atoms with Crippen LogP contribution >= 0.6 is 15.9 Å². The second-order valence-corrected chi connectivity index (χ2v) is 5.87. The second kappa shape index (κ2) is 5.44. The normalized spacial score (nSPS) is 14.6. The minimum Gasteiger partial charge on any atom is -0.493 e. The summed E-state index contributed by atoms with van der Waals surface area (Å²) in [5.74, 6) is 0.759. The molecule has 20 heavy (non-hydrogen) atoms. The van der Waals surface area contributed by atoms with E-state index in [0.29, 0.717) is 5.56 Å².